The summed E-state index contributed by atoms with van der Waals surface area (Å²) < 4.78 is 10.4. The van der Waals surface area contributed by atoms with E-state index in [9.17, 15) is 9.90 Å². The van der Waals surface area contributed by atoms with Crippen molar-refractivity contribution in [3.8, 4) is 17.0 Å². The average molecular weight is 308 g/mol. The summed E-state index contributed by atoms with van der Waals surface area (Å²) >= 11 is 0. The van der Waals surface area contributed by atoms with E-state index in [1.165, 1.54) is 13.3 Å². The molecule has 114 valence electrons. The number of hydrogen-bond donors (Lipinski definition) is 2. The molecule has 0 saturated heterocycles. The summed E-state index contributed by atoms with van der Waals surface area (Å²) in [6, 6.07) is 8.98. The second-order valence-electron chi connectivity index (χ2n) is 5.07. The van der Waals surface area contributed by atoms with Crippen LogP contribution in [0.15, 0.2) is 47.2 Å². The van der Waals surface area contributed by atoms with E-state index in [0.29, 0.717) is 27.6 Å². The highest BCUT2D eigenvalue weighted by atomic mass is 16.5. The summed E-state index contributed by atoms with van der Waals surface area (Å²) in [6.07, 6.45) is 3.07. The number of hydrogen-bond acceptors (Lipinski definition) is 5. The lowest BCUT2D eigenvalue weighted by molar-refractivity contribution is 0.0596. The van der Waals surface area contributed by atoms with Crippen LogP contribution in [0.25, 0.3) is 33.0 Å². The average Bonchev–Trinajstić information content (AvgIpc) is 3.18. The van der Waals surface area contributed by atoms with E-state index in [1.54, 1.807) is 18.4 Å². The number of aromatic amines is 1. The lowest BCUT2D eigenvalue weighted by atomic mass is 10.0. The molecule has 2 N–H and O–H groups in total. The second kappa shape index (κ2) is 4.88. The molecule has 0 atom stereocenters. The summed E-state index contributed by atoms with van der Waals surface area (Å²) in [5, 5.41) is 11.7. The Kier molecular flexibility index (Phi) is 2.84. The van der Waals surface area contributed by atoms with Gasteiger partial charge in [-0.15, -0.1) is 0 Å². The zero-order chi connectivity index (χ0) is 16.0. The molecule has 3 aromatic heterocycles. The topological polar surface area (TPSA) is 88.4 Å². The van der Waals surface area contributed by atoms with Crippen LogP contribution in [0.5, 0.6) is 5.88 Å². The van der Waals surface area contributed by atoms with E-state index < -0.39 is 5.97 Å². The van der Waals surface area contributed by atoms with Crippen molar-refractivity contribution < 1.29 is 19.1 Å². The maximum Gasteiger partial charge on any atom is 0.355 e. The van der Waals surface area contributed by atoms with Crippen molar-refractivity contribution in [2.24, 2.45) is 0 Å². The van der Waals surface area contributed by atoms with Crippen LogP contribution < -0.4 is 0 Å². The van der Waals surface area contributed by atoms with E-state index in [2.05, 4.69) is 9.97 Å². The van der Waals surface area contributed by atoms with E-state index >= 15 is 0 Å². The Labute approximate surface area is 130 Å². The Balaban J connectivity index is 2.20. The van der Waals surface area contributed by atoms with Gasteiger partial charge in [0.1, 0.15) is 11.3 Å². The van der Waals surface area contributed by atoms with E-state index in [0.717, 1.165) is 5.39 Å². The van der Waals surface area contributed by atoms with Crippen LogP contribution in [0.4, 0.5) is 0 Å². The van der Waals surface area contributed by atoms with Crippen LogP contribution in [0, 0.1) is 0 Å². The first kappa shape index (κ1) is 13.4. The van der Waals surface area contributed by atoms with Crippen molar-refractivity contribution in [2.75, 3.05) is 7.11 Å². The molecule has 4 aromatic rings. The van der Waals surface area contributed by atoms with Gasteiger partial charge in [-0.1, -0.05) is 0 Å². The van der Waals surface area contributed by atoms with Crippen LogP contribution >= 0.6 is 0 Å². The van der Waals surface area contributed by atoms with Crippen LogP contribution in [0.2, 0.25) is 0 Å². The number of rotatable bonds is 2. The van der Waals surface area contributed by atoms with Gasteiger partial charge in [-0.3, -0.25) is 0 Å². The molecule has 0 radical (unpaired) electrons. The molecule has 4 rings (SSSR count). The van der Waals surface area contributed by atoms with Gasteiger partial charge in [0.2, 0.25) is 5.88 Å². The Bertz CT molecular complexity index is 1050. The number of aromatic hydroxyl groups is 1. The van der Waals surface area contributed by atoms with Gasteiger partial charge in [0.25, 0.3) is 0 Å². The van der Waals surface area contributed by atoms with Crippen molar-refractivity contribution in [1.29, 1.82) is 0 Å². The quantitative estimate of drug-likeness (QED) is 0.554. The number of fused-ring (bicyclic) bond motifs is 3. The molecule has 0 saturated carbocycles. The second-order valence-corrected chi connectivity index (χ2v) is 5.07. The number of furan rings is 1. The molecule has 6 nitrogen and oxygen atoms in total. The highest BCUT2D eigenvalue weighted by Crippen LogP contribution is 2.40. The van der Waals surface area contributed by atoms with Gasteiger partial charge < -0.3 is 19.2 Å². The lowest BCUT2D eigenvalue weighted by Crippen LogP contribution is -2.03. The fourth-order valence-corrected chi connectivity index (χ4v) is 2.82. The molecule has 0 bridgehead atoms. The Morgan fingerprint density at radius 3 is 2.96 bits per heavy atom. The molecule has 0 spiro atoms. The summed E-state index contributed by atoms with van der Waals surface area (Å²) in [6.45, 7) is 0. The fraction of sp³-hybridized carbons (Fsp3) is 0.0588. The standard InChI is InChI=1S/C17H12N2O4/c1-22-17(21)14-12(10-3-2-7-18-16(10)20)13-11(19-14)5-4-9-6-8-23-15(9)13/h2-8,19H,1H3,(H,18,20). The molecular weight excluding hydrogens is 296 g/mol. The van der Waals surface area contributed by atoms with E-state index in [-0.39, 0.29) is 11.6 Å². The van der Waals surface area contributed by atoms with Crippen LogP contribution in [0.1, 0.15) is 10.5 Å². The number of nitrogens with zero attached hydrogens (tertiary/aromatic N) is 1. The zero-order valence-corrected chi connectivity index (χ0v) is 12.2. The summed E-state index contributed by atoms with van der Waals surface area (Å²) in [5.74, 6) is -0.693. The Hall–Kier alpha value is -3.28. The molecule has 0 aliphatic heterocycles. The molecule has 3 heterocycles. The van der Waals surface area contributed by atoms with Crippen molar-refractivity contribution in [3.63, 3.8) is 0 Å². The molecule has 0 amide bonds. The number of aromatic nitrogens is 2. The number of benzene rings is 1. The Morgan fingerprint density at radius 2 is 2.17 bits per heavy atom. The maximum absolute atomic E-state index is 12.2. The van der Waals surface area contributed by atoms with Crippen LogP contribution in [-0.4, -0.2) is 28.2 Å². The number of ether oxygens (including phenoxy) is 1. The van der Waals surface area contributed by atoms with Crippen LogP contribution in [0.3, 0.4) is 0 Å². The minimum atomic E-state index is -0.529. The number of carbonyl (C=O) groups excluding carboxylic acids is 1. The van der Waals surface area contributed by atoms with Crippen molar-refractivity contribution in [1.82, 2.24) is 9.97 Å². The van der Waals surface area contributed by atoms with Gasteiger partial charge in [0.15, 0.2) is 0 Å². The number of nitrogens with one attached hydrogen (secondary N) is 1. The number of methoxy groups -OCH3 is 1. The third-order valence-corrected chi connectivity index (χ3v) is 3.83. The van der Waals surface area contributed by atoms with Gasteiger partial charge in [-0.2, -0.15) is 0 Å². The lowest BCUT2D eigenvalue weighted by Gasteiger charge is -2.05. The first-order chi connectivity index (χ1) is 11.2. The van der Waals surface area contributed by atoms with E-state index in [1.807, 2.05) is 18.2 Å². The predicted molar refractivity (Wildman–Crippen MR) is 84.3 cm³/mol. The summed E-state index contributed by atoms with van der Waals surface area (Å²) in [7, 11) is 1.31. The number of pyridine rings is 1. The molecule has 0 fully saturated rings. The number of carbonyl (C=O) groups is 1. The van der Waals surface area contributed by atoms with Crippen molar-refractivity contribution in [2.45, 2.75) is 0 Å². The van der Waals surface area contributed by atoms with Gasteiger partial charge in [-0.25, -0.2) is 9.78 Å². The number of esters is 1. The number of H-pyrrole nitrogens is 1. The van der Waals surface area contributed by atoms with Gasteiger partial charge >= 0.3 is 5.97 Å². The monoisotopic (exact) mass is 308 g/mol. The van der Waals surface area contributed by atoms with Crippen molar-refractivity contribution >= 4 is 27.8 Å². The maximum atomic E-state index is 12.2. The normalized spacial score (nSPS) is 11.2. The van der Waals surface area contributed by atoms with Crippen LogP contribution in [-0.2, 0) is 4.74 Å². The third kappa shape index (κ3) is 1.88. The molecule has 1 aromatic carbocycles. The highest BCUT2D eigenvalue weighted by Gasteiger charge is 2.24. The largest absolute Gasteiger partial charge is 0.493 e. The van der Waals surface area contributed by atoms with E-state index in [4.69, 9.17) is 9.15 Å². The highest BCUT2D eigenvalue weighted by molar-refractivity contribution is 6.17. The minimum Gasteiger partial charge on any atom is -0.493 e. The van der Waals surface area contributed by atoms with Gasteiger partial charge in [0.05, 0.1) is 24.3 Å². The van der Waals surface area contributed by atoms with Gasteiger partial charge in [0, 0.05) is 22.7 Å². The van der Waals surface area contributed by atoms with Crippen molar-refractivity contribution in [3.05, 3.63) is 48.5 Å². The SMILES string of the molecule is COC(=O)c1[nH]c2ccc3ccoc3c2c1-c1cccnc1O. The minimum absolute atomic E-state index is 0.165. The molecule has 23 heavy (non-hydrogen) atoms. The smallest absolute Gasteiger partial charge is 0.355 e. The van der Waals surface area contributed by atoms with Gasteiger partial charge in [-0.05, 0) is 30.3 Å². The zero-order valence-electron chi connectivity index (χ0n) is 12.2. The molecule has 6 heteroatoms. The summed E-state index contributed by atoms with van der Waals surface area (Å²) in [4.78, 5) is 19.1. The fourth-order valence-electron chi connectivity index (χ4n) is 2.82. The molecule has 0 aliphatic rings. The summed E-state index contributed by atoms with van der Waals surface area (Å²) in [5.41, 5.74) is 2.54. The first-order valence-corrected chi connectivity index (χ1v) is 6.95. The molecule has 0 unspecified atom stereocenters. The Morgan fingerprint density at radius 1 is 1.30 bits per heavy atom. The molecular formula is C17H12N2O4. The third-order valence-electron chi connectivity index (χ3n) is 3.83. The molecule has 0 aliphatic carbocycles. The predicted octanol–water partition coefficient (Wildman–Crippen LogP) is 3.47. The first-order valence-electron chi connectivity index (χ1n) is 6.95.